The normalized spacial score (nSPS) is 11.0. The summed E-state index contributed by atoms with van der Waals surface area (Å²) < 4.78 is 28.6. The lowest BCUT2D eigenvalue weighted by atomic mass is 10.1. The molecule has 0 bridgehead atoms. The van der Waals surface area contributed by atoms with Crippen LogP contribution < -0.4 is 15.4 Å². The fraction of sp³-hybridized carbons (Fsp3) is 0.316. The molecule has 0 saturated heterocycles. The number of anilines is 1. The van der Waals surface area contributed by atoms with Crippen LogP contribution in [0.5, 0.6) is 5.75 Å². The lowest BCUT2D eigenvalue weighted by Crippen LogP contribution is -2.31. The summed E-state index contributed by atoms with van der Waals surface area (Å²) in [5, 5.41) is 5.83. The van der Waals surface area contributed by atoms with Gasteiger partial charge in [-0.3, -0.25) is 4.79 Å². The molecule has 1 amide bonds. The van der Waals surface area contributed by atoms with E-state index in [1.807, 2.05) is 24.3 Å². The van der Waals surface area contributed by atoms with Gasteiger partial charge in [0.25, 0.3) is 0 Å². The highest BCUT2D eigenvalue weighted by Crippen LogP contribution is 2.15. The molecule has 0 aromatic heterocycles. The minimum Gasteiger partial charge on any atom is -0.497 e. The monoisotopic (exact) mass is 376 g/mol. The van der Waals surface area contributed by atoms with Gasteiger partial charge in [0.2, 0.25) is 5.91 Å². The van der Waals surface area contributed by atoms with Gasteiger partial charge in [0.05, 0.1) is 24.3 Å². The molecule has 0 unspecified atom stereocenters. The van der Waals surface area contributed by atoms with Crippen molar-refractivity contribution in [3.63, 3.8) is 0 Å². The Balaban J connectivity index is 1.74. The van der Waals surface area contributed by atoms with Crippen LogP contribution in [0.4, 0.5) is 5.69 Å². The van der Waals surface area contributed by atoms with Crippen LogP contribution in [0.3, 0.4) is 0 Å². The molecule has 0 aliphatic rings. The maximum absolute atomic E-state index is 11.9. The van der Waals surface area contributed by atoms with Gasteiger partial charge in [-0.1, -0.05) is 19.1 Å². The Bertz CT molecular complexity index is 816. The maximum Gasteiger partial charge on any atom is 0.239 e. The van der Waals surface area contributed by atoms with Crippen LogP contribution in [-0.4, -0.2) is 40.3 Å². The molecule has 0 atom stereocenters. The van der Waals surface area contributed by atoms with E-state index < -0.39 is 9.84 Å². The molecule has 0 radical (unpaired) electrons. The van der Waals surface area contributed by atoms with E-state index in [4.69, 9.17) is 4.74 Å². The van der Waals surface area contributed by atoms with Crippen molar-refractivity contribution in [1.82, 2.24) is 5.32 Å². The SMILES string of the molecule is CCS(=O)(=O)c1ccc(NCC(=O)NCCc2ccc(OC)cc2)cc1. The minimum atomic E-state index is -3.20. The van der Waals surface area contributed by atoms with E-state index in [2.05, 4.69) is 10.6 Å². The summed E-state index contributed by atoms with van der Waals surface area (Å²) in [6, 6.07) is 14.1. The molecule has 0 fully saturated rings. The molecule has 0 aliphatic heterocycles. The van der Waals surface area contributed by atoms with Crippen LogP contribution in [-0.2, 0) is 21.1 Å². The van der Waals surface area contributed by atoms with Crippen molar-refractivity contribution in [2.75, 3.05) is 31.3 Å². The molecule has 6 nitrogen and oxygen atoms in total. The number of carbonyl (C=O) groups is 1. The minimum absolute atomic E-state index is 0.0658. The third-order valence-electron chi connectivity index (χ3n) is 3.94. The molecule has 26 heavy (non-hydrogen) atoms. The largest absolute Gasteiger partial charge is 0.497 e. The van der Waals surface area contributed by atoms with Crippen LogP contribution in [0.25, 0.3) is 0 Å². The number of nitrogens with one attached hydrogen (secondary N) is 2. The Labute approximate surface area is 154 Å². The topological polar surface area (TPSA) is 84.5 Å². The second kappa shape index (κ2) is 9.24. The molecule has 2 rings (SSSR count). The number of sulfone groups is 1. The lowest BCUT2D eigenvalue weighted by molar-refractivity contribution is -0.119. The predicted molar refractivity (Wildman–Crippen MR) is 102 cm³/mol. The fourth-order valence-corrected chi connectivity index (χ4v) is 3.21. The number of amides is 1. The van der Waals surface area contributed by atoms with Crippen LogP contribution in [0.1, 0.15) is 12.5 Å². The Morgan fingerprint density at radius 2 is 1.69 bits per heavy atom. The maximum atomic E-state index is 11.9. The van der Waals surface area contributed by atoms with Crippen LogP contribution in [0, 0.1) is 0 Å². The van der Waals surface area contributed by atoms with Gasteiger partial charge in [0, 0.05) is 12.2 Å². The average Bonchev–Trinajstić information content (AvgIpc) is 2.67. The van der Waals surface area contributed by atoms with E-state index in [9.17, 15) is 13.2 Å². The molecule has 0 spiro atoms. The van der Waals surface area contributed by atoms with Gasteiger partial charge in [-0.2, -0.15) is 0 Å². The molecule has 2 N–H and O–H groups in total. The smallest absolute Gasteiger partial charge is 0.239 e. The lowest BCUT2D eigenvalue weighted by Gasteiger charge is -2.09. The van der Waals surface area contributed by atoms with Crippen molar-refractivity contribution in [1.29, 1.82) is 0 Å². The first kappa shape index (κ1) is 19.8. The highest BCUT2D eigenvalue weighted by Gasteiger charge is 2.10. The molecule has 140 valence electrons. The van der Waals surface area contributed by atoms with Gasteiger partial charge in [-0.05, 0) is 48.4 Å². The molecule has 2 aromatic carbocycles. The Hall–Kier alpha value is -2.54. The van der Waals surface area contributed by atoms with Crippen LogP contribution in [0.15, 0.2) is 53.4 Å². The number of methoxy groups -OCH3 is 1. The molecule has 0 heterocycles. The van der Waals surface area contributed by atoms with Crippen molar-refractivity contribution >= 4 is 21.4 Å². The number of hydrogen-bond acceptors (Lipinski definition) is 5. The molecule has 0 saturated carbocycles. The van der Waals surface area contributed by atoms with Gasteiger partial charge < -0.3 is 15.4 Å². The zero-order chi connectivity index (χ0) is 19.0. The van der Waals surface area contributed by atoms with Gasteiger partial charge in [-0.25, -0.2) is 8.42 Å². The fourth-order valence-electron chi connectivity index (χ4n) is 2.33. The number of carbonyl (C=O) groups excluding carboxylic acids is 1. The summed E-state index contributed by atoms with van der Waals surface area (Å²) >= 11 is 0. The summed E-state index contributed by atoms with van der Waals surface area (Å²) in [6.45, 7) is 2.28. The second-order valence-electron chi connectivity index (χ2n) is 5.73. The summed E-state index contributed by atoms with van der Waals surface area (Å²) in [4.78, 5) is 12.2. The van der Waals surface area contributed by atoms with Crippen LogP contribution >= 0.6 is 0 Å². The number of benzene rings is 2. The predicted octanol–water partition coefficient (Wildman–Crippen LogP) is 2.26. The van der Waals surface area contributed by atoms with E-state index in [0.717, 1.165) is 17.7 Å². The van der Waals surface area contributed by atoms with Gasteiger partial charge in [0.1, 0.15) is 5.75 Å². The molecule has 7 heteroatoms. The molecule has 0 aliphatic carbocycles. The quantitative estimate of drug-likeness (QED) is 0.701. The number of rotatable bonds is 9. The van der Waals surface area contributed by atoms with Crippen molar-refractivity contribution in [2.24, 2.45) is 0 Å². The summed E-state index contributed by atoms with van der Waals surface area (Å²) in [5.74, 6) is 0.750. The zero-order valence-electron chi connectivity index (χ0n) is 15.0. The molecule has 2 aromatic rings. The summed E-state index contributed by atoms with van der Waals surface area (Å²) in [6.07, 6.45) is 0.735. The Morgan fingerprint density at radius 1 is 1.04 bits per heavy atom. The number of ether oxygens (including phenoxy) is 1. The zero-order valence-corrected chi connectivity index (χ0v) is 15.8. The summed E-state index contributed by atoms with van der Waals surface area (Å²) in [7, 11) is -1.58. The van der Waals surface area contributed by atoms with E-state index in [1.165, 1.54) is 0 Å². The highest BCUT2D eigenvalue weighted by molar-refractivity contribution is 7.91. The molecular formula is C19H24N2O4S. The Kier molecular flexibility index (Phi) is 7.03. The van der Waals surface area contributed by atoms with E-state index >= 15 is 0 Å². The van der Waals surface area contributed by atoms with Gasteiger partial charge in [0.15, 0.2) is 9.84 Å². The van der Waals surface area contributed by atoms with Gasteiger partial charge >= 0.3 is 0 Å². The first-order valence-electron chi connectivity index (χ1n) is 8.41. The average molecular weight is 376 g/mol. The molecular weight excluding hydrogens is 352 g/mol. The third kappa shape index (κ3) is 5.77. The van der Waals surface area contributed by atoms with Crippen LogP contribution in [0.2, 0.25) is 0 Å². The number of hydrogen-bond donors (Lipinski definition) is 2. The second-order valence-corrected chi connectivity index (χ2v) is 8.01. The van der Waals surface area contributed by atoms with Gasteiger partial charge in [-0.15, -0.1) is 0 Å². The van der Waals surface area contributed by atoms with Crippen molar-refractivity contribution in [3.05, 3.63) is 54.1 Å². The van der Waals surface area contributed by atoms with E-state index in [1.54, 1.807) is 38.3 Å². The van der Waals surface area contributed by atoms with Crippen molar-refractivity contribution < 1.29 is 17.9 Å². The van der Waals surface area contributed by atoms with E-state index in [-0.39, 0.29) is 23.1 Å². The first-order valence-corrected chi connectivity index (χ1v) is 10.1. The highest BCUT2D eigenvalue weighted by atomic mass is 32.2. The third-order valence-corrected chi connectivity index (χ3v) is 5.69. The Morgan fingerprint density at radius 3 is 2.27 bits per heavy atom. The van der Waals surface area contributed by atoms with Crippen molar-refractivity contribution in [2.45, 2.75) is 18.2 Å². The first-order chi connectivity index (χ1) is 12.4. The standard InChI is InChI=1S/C19H24N2O4S/c1-3-26(23,24)18-10-6-16(7-11-18)21-14-19(22)20-13-12-15-4-8-17(25-2)9-5-15/h4-11,21H,3,12-14H2,1-2H3,(H,20,22). The summed E-state index contributed by atoms with van der Waals surface area (Å²) in [5.41, 5.74) is 1.82. The van der Waals surface area contributed by atoms with Crippen molar-refractivity contribution in [3.8, 4) is 5.75 Å². The van der Waals surface area contributed by atoms with E-state index in [0.29, 0.717) is 12.2 Å².